The third kappa shape index (κ3) is 4.70. The number of nitrogens with one attached hydrogen (secondary N) is 2. The summed E-state index contributed by atoms with van der Waals surface area (Å²) in [6, 6.07) is 8.52. The second-order valence-electron chi connectivity index (χ2n) is 5.29. The molecule has 0 fully saturated rings. The summed E-state index contributed by atoms with van der Waals surface area (Å²) >= 11 is 5.94. The normalized spacial score (nSPS) is 10.1. The van der Waals surface area contributed by atoms with Gasteiger partial charge in [0, 0.05) is 23.7 Å². The molecule has 2 amide bonds. The van der Waals surface area contributed by atoms with Crippen molar-refractivity contribution in [1.29, 1.82) is 0 Å². The topological polar surface area (TPSA) is 68.8 Å². The van der Waals surface area contributed by atoms with Gasteiger partial charge in [0.1, 0.15) is 0 Å². The first kappa shape index (κ1) is 18.7. The van der Waals surface area contributed by atoms with E-state index in [1.165, 1.54) is 21.3 Å². The molecule has 134 valence electrons. The second kappa shape index (κ2) is 8.48. The molecule has 0 aliphatic rings. The molecular weight excluding hydrogens is 344 g/mol. The van der Waals surface area contributed by atoms with E-state index in [4.69, 9.17) is 25.8 Å². The molecule has 25 heavy (non-hydrogen) atoms. The van der Waals surface area contributed by atoms with Gasteiger partial charge in [-0.3, -0.25) is 0 Å². The zero-order valence-electron chi connectivity index (χ0n) is 14.6. The lowest BCUT2D eigenvalue weighted by molar-refractivity contribution is 0.251. The Balaban J connectivity index is 2.07. The summed E-state index contributed by atoms with van der Waals surface area (Å²) in [6.45, 7) is 2.33. The molecule has 0 radical (unpaired) electrons. The quantitative estimate of drug-likeness (QED) is 0.813. The average molecular weight is 365 g/mol. The highest BCUT2D eigenvalue weighted by molar-refractivity contribution is 6.30. The van der Waals surface area contributed by atoms with Gasteiger partial charge in [0.05, 0.1) is 27.0 Å². The van der Waals surface area contributed by atoms with Crippen molar-refractivity contribution in [2.45, 2.75) is 13.5 Å². The van der Waals surface area contributed by atoms with Crippen LogP contribution < -0.4 is 24.8 Å². The summed E-state index contributed by atoms with van der Waals surface area (Å²) in [7, 11) is 4.56. The van der Waals surface area contributed by atoms with Crippen LogP contribution in [0.3, 0.4) is 0 Å². The SMILES string of the molecule is COc1cc(NC(=O)NCc2ccc(Cl)cc2C)cc(OC)c1OC. The van der Waals surface area contributed by atoms with Crippen molar-refractivity contribution in [3.05, 3.63) is 46.5 Å². The lowest BCUT2D eigenvalue weighted by Gasteiger charge is -2.15. The predicted molar refractivity (Wildman–Crippen MR) is 98.1 cm³/mol. The first-order valence-corrected chi connectivity index (χ1v) is 7.96. The number of hydrogen-bond acceptors (Lipinski definition) is 4. The maximum Gasteiger partial charge on any atom is 0.319 e. The number of carbonyl (C=O) groups is 1. The van der Waals surface area contributed by atoms with E-state index >= 15 is 0 Å². The van der Waals surface area contributed by atoms with Gasteiger partial charge in [-0.2, -0.15) is 0 Å². The van der Waals surface area contributed by atoms with Gasteiger partial charge in [0.2, 0.25) is 5.75 Å². The highest BCUT2D eigenvalue weighted by atomic mass is 35.5. The third-order valence-corrected chi connectivity index (χ3v) is 3.90. The molecule has 0 aromatic heterocycles. The Labute approximate surface area is 152 Å². The Morgan fingerprint density at radius 2 is 1.68 bits per heavy atom. The highest BCUT2D eigenvalue weighted by Crippen LogP contribution is 2.39. The fourth-order valence-electron chi connectivity index (χ4n) is 2.36. The standard InChI is InChI=1S/C18H21ClN2O4/c1-11-7-13(19)6-5-12(11)10-20-18(22)21-14-8-15(23-2)17(25-4)16(9-14)24-3/h5-9H,10H2,1-4H3,(H2,20,21,22). The summed E-state index contributed by atoms with van der Waals surface area (Å²) in [6.07, 6.45) is 0. The Morgan fingerprint density at radius 1 is 1.04 bits per heavy atom. The number of anilines is 1. The van der Waals surface area contributed by atoms with E-state index in [0.29, 0.717) is 34.5 Å². The second-order valence-corrected chi connectivity index (χ2v) is 5.73. The van der Waals surface area contributed by atoms with Gasteiger partial charge < -0.3 is 24.8 Å². The molecule has 2 N–H and O–H groups in total. The van der Waals surface area contributed by atoms with Crippen LogP contribution in [0.1, 0.15) is 11.1 Å². The van der Waals surface area contributed by atoms with Gasteiger partial charge in [0.15, 0.2) is 11.5 Å². The van der Waals surface area contributed by atoms with Crippen molar-refractivity contribution in [2.75, 3.05) is 26.6 Å². The molecule has 2 aromatic carbocycles. The number of rotatable bonds is 6. The number of urea groups is 1. The van der Waals surface area contributed by atoms with Gasteiger partial charge in [-0.1, -0.05) is 17.7 Å². The van der Waals surface area contributed by atoms with Gasteiger partial charge in [-0.15, -0.1) is 0 Å². The Hall–Kier alpha value is -2.60. The molecular formula is C18H21ClN2O4. The van der Waals surface area contributed by atoms with E-state index < -0.39 is 0 Å². The first-order chi connectivity index (χ1) is 12.0. The number of carbonyl (C=O) groups excluding carboxylic acids is 1. The van der Waals surface area contributed by atoms with Crippen LogP contribution in [0, 0.1) is 6.92 Å². The number of halogens is 1. The lowest BCUT2D eigenvalue weighted by Crippen LogP contribution is -2.28. The monoisotopic (exact) mass is 364 g/mol. The Bertz CT molecular complexity index is 740. The molecule has 2 rings (SSSR count). The molecule has 6 nitrogen and oxygen atoms in total. The van der Waals surface area contributed by atoms with Crippen LogP contribution in [0.4, 0.5) is 10.5 Å². The van der Waals surface area contributed by atoms with Gasteiger partial charge in [0.25, 0.3) is 0 Å². The minimum Gasteiger partial charge on any atom is -0.493 e. The molecule has 0 saturated heterocycles. The molecule has 0 unspecified atom stereocenters. The number of hydrogen-bond donors (Lipinski definition) is 2. The molecule has 7 heteroatoms. The first-order valence-electron chi connectivity index (χ1n) is 7.58. The van der Waals surface area contributed by atoms with Crippen molar-refractivity contribution >= 4 is 23.3 Å². The minimum atomic E-state index is -0.344. The van der Waals surface area contributed by atoms with E-state index in [1.807, 2.05) is 19.1 Å². The summed E-state index contributed by atoms with van der Waals surface area (Å²) < 4.78 is 15.8. The van der Waals surface area contributed by atoms with Crippen molar-refractivity contribution in [1.82, 2.24) is 5.32 Å². The predicted octanol–water partition coefficient (Wildman–Crippen LogP) is 4.00. The van der Waals surface area contributed by atoms with Crippen LogP contribution in [0.2, 0.25) is 5.02 Å². The van der Waals surface area contributed by atoms with Crippen molar-refractivity contribution < 1.29 is 19.0 Å². The van der Waals surface area contributed by atoms with E-state index in [-0.39, 0.29) is 6.03 Å². The van der Waals surface area contributed by atoms with Crippen molar-refractivity contribution in [3.63, 3.8) is 0 Å². The maximum atomic E-state index is 12.2. The number of methoxy groups -OCH3 is 3. The smallest absolute Gasteiger partial charge is 0.319 e. The van der Waals surface area contributed by atoms with Crippen LogP contribution in [-0.2, 0) is 6.54 Å². The van der Waals surface area contributed by atoms with Gasteiger partial charge in [-0.25, -0.2) is 4.79 Å². The van der Waals surface area contributed by atoms with Gasteiger partial charge >= 0.3 is 6.03 Å². The van der Waals surface area contributed by atoms with Crippen LogP contribution in [0.25, 0.3) is 0 Å². The molecule has 0 atom stereocenters. The Kier molecular flexibility index (Phi) is 6.36. The van der Waals surface area contributed by atoms with Crippen LogP contribution in [0.5, 0.6) is 17.2 Å². The number of ether oxygens (including phenoxy) is 3. The Morgan fingerprint density at radius 3 is 2.20 bits per heavy atom. The molecule has 0 bridgehead atoms. The van der Waals surface area contributed by atoms with E-state index in [1.54, 1.807) is 18.2 Å². The molecule has 2 aromatic rings. The van der Waals surface area contributed by atoms with Crippen LogP contribution in [0.15, 0.2) is 30.3 Å². The van der Waals surface area contributed by atoms with E-state index in [2.05, 4.69) is 10.6 Å². The zero-order valence-corrected chi connectivity index (χ0v) is 15.4. The average Bonchev–Trinajstić information content (AvgIpc) is 2.60. The summed E-state index contributed by atoms with van der Waals surface area (Å²) in [4.78, 5) is 12.2. The molecule has 0 saturated carbocycles. The van der Waals surface area contributed by atoms with E-state index in [0.717, 1.165) is 11.1 Å². The van der Waals surface area contributed by atoms with Crippen LogP contribution >= 0.6 is 11.6 Å². The minimum absolute atomic E-state index is 0.344. The van der Waals surface area contributed by atoms with E-state index in [9.17, 15) is 4.79 Å². The van der Waals surface area contributed by atoms with Gasteiger partial charge in [-0.05, 0) is 30.2 Å². The van der Waals surface area contributed by atoms with Crippen molar-refractivity contribution in [3.8, 4) is 17.2 Å². The third-order valence-electron chi connectivity index (χ3n) is 3.67. The summed E-state index contributed by atoms with van der Waals surface area (Å²) in [5, 5.41) is 6.23. The molecule has 0 heterocycles. The largest absolute Gasteiger partial charge is 0.493 e. The highest BCUT2D eigenvalue weighted by Gasteiger charge is 2.14. The lowest BCUT2D eigenvalue weighted by atomic mass is 10.1. The molecule has 0 aliphatic heterocycles. The number of aryl methyl sites for hydroxylation is 1. The zero-order chi connectivity index (χ0) is 18.4. The maximum absolute atomic E-state index is 12.2. The number of amides is 2. The fourth-order valence-corrected chi connectivity index (χ4v) is 2.59. The fraction of sp³-hybridized carbons (Fsp3) is 0.278. The summed E-state index contributed by atoms with van der Waals surface area (Å²) in [5.41, 5.74) is 2.53. The van der Waals surface area contributed by atoms with Crippen molar-refractivity contribution in [2.24, 2.45) is 0 Å². The molecule has 0 aliphatic carbocycles. The summed E-state index contributed by atoms with van der Waals surface area (Å²) in [5.74, 6) is 1.39. The number of benzene rings is 2. The molecule has 0 spiro atoms. The van der Waals surface area contributed by atoms with Crippen LogP contribution in [-0.4, -0.2) is 27.4 Å².